The molecule has 0 radical (unpaired) electrons. The van der Waals surface area contributed by atoms with Gasteiger partial charge in [-0.2, -0.15) is 0 Å². The maximum Gasteiger partial charge on any atom is 0.108 e. The second kappa shape index (κ2) is 7.47. The van der Waals surface area contributed by atoms with Crippen LogP contribution < -0.4 is 4.90 Å². The van der Waals surface area contributed by atoms with Gasteiger partial charge in [0.2, 0.25) is 0 Å². The number of nitrogens with zero attached hydrogens (tertiary/aromatic N) is 3. The van der Waals surface area contributed by atoms with Crippen molar-refractivity contribution in [3.05, 3.63) is 107 Å². The van der Waals surface area contributed by atoms with E-state index in [1.165, 1.54) is 16.8 Å². The third-order valence-corrected chi connectivity index (χ3v) is 5.74. The normalized spacial score (nSPS) is 15.9. The number of nitroso groups, excluding NO2 is 1. The average Bonchev–Trinajstić information content (AvgIpc) is 2.79. The largest absolute Gasteiger partial charge is 0.364 e. The minimum Gasteiger partial charge on any atom is -0.364 e. The molecule has 0 aliphatic carbocycles. The van der Waals surface area contributed by atoms with Crippen LogP contribution in [0.5, 0.6) is 0 Å². The first-order valence-corrected chi connectivity index (χ1v) is 9.94. The van der Waals surface area contributed by atoms with Crippen LogP contribution in [-0.2, 0) is 12.8 Å². The van der Waals surface area contributed by atoms with Crippen molar-refractivity contribution >= 4 is 22.3 Å². The maximum absolute atomic E-state index is 10.8. The second-order valence-electron chi connectivity index (χ2n) is 7.47. The van der Waals surface area contributed by atoms with Crippen molar-refractivity contribution in [2.75, 3.05) is 11.4 Å². The molecule has 1 aliphatic heterocycles. The molecule has 4 heteroatoms. The van der Waals surface area contributed by atoms with Crippen molar-refractivity contribution < 1.29 is 0 Å². The molecule has 1 unspecified atom stereocenters. The van der Waals surface area contributed by atoms with E-state index in [4.69, 9.17) is 4.98 Å². The van der Waals surface area contributed by atoms with Gasteiger partial charge in [-0.15, -0.1) is 4.91 Å². The second-order valence-corrected chi connectivity index (χ2v) is 7.47. The molecule has 1 aliphatic rings. The summed E-state index contributed by atoms with van der Waals surface area (Å²) < 4.78 is 0. The van der Waals surface area contributed by atoms with Crippen LogP contribution in [0.1, 0.15) is 22.9 Å². The number of rotatable bonds is 4. The quantitative estimate of drug-likeness (QED) is 0.410. The Balaban J connectivity index is 1.54. The van der Waals surface area contributed by atoms with Gasteiger partial charge in [0.15, 0.2) is 0 Å². The Morgan fingerprint density at radius 1 is 0.931 bits per heavy atom. The number of aromatic nitrogens is 1. The lowest BCUT2D eigenvalue weighted by molar-refractivity contribution is 0.574. The van der Waals surface area contributed by atoms with Crippen molar-refractivity contribution in [3.63, 3.8) is 0 Å². The molecule has 2 heterocycles. The molecule has 5 rings (SSSR count). The Hall–Kier alpha value is -3.53. The summed E-state index contributed by atoms with van der Waals surface area (Å²) in [6.45, 7) is 0.994. The summed E-state index contributed by atoms with van der Waals surface area (Å²) in [4.78, 5) is 18.2. The standard InChI is InChI=1S/C25H21N3O/c29-27-21-12-13-24-19(16-21)10-11-20(26-24)17-25-23-9-5-4-6-18(23)14-15-28(25)22-7-2-1-3-8-22/h1-13,16,25H,14-15,17H2. The fourth-order valence-corrected chi connectivity index (χ4v) is 4.32. The fraction of sp³-hybridized carbons (Fsp3) is 0.160. The van der Waals surface area contributed by atoms with Crippen molar-refractivity contribution in [3.8, 4) is 0 Å². The Labute approximate surface area is 169 Å². The van der Waals surface area contributed by atoms with E-state index in [1.54, 1.807) is 12.1 Å². The van der Waals surface area contributed by atoms with E-state index in [0.717, 1.165) is 36.0 Å². The van der Waals surface area contributed by atoms with E-state index in [0.29, 0.717) is 5.69 Å². The van der Waals surface area contributed by atoms with Crippen molar-refractivity contribution in [1.29, 1.82) is 0 Å². The molecule has 1 atom stereocenters. The van der Waals surface area contributed by atoms with E-state index < -0.39 is 0 Å². The van der Waals surface area contributed by atoms with Crippen molar-refractivity contribution in [2.24, 2.45) is 5.18 Å². The summed E-state index contributed by atoms with van der Waals surface area (Å²) in [5.41, 5.74) is 6.42. The van der Waals surface area contributed by atoms with Gasteiger partial charge in [0, 0.05) is 29.7 Å². The zero-order chi connectivity index (χ0) is 19.6. The molecule has 1 aromatic heterocycles. The minimum absolute atomic E-state index is 0.239. The van der Waals surface area contributed by atoms with Crippen LogP contribution in [0.4, 0.5) is 11.4 Å². The number of benzene rings is 3. The lowest BCUT2D eigenvalue weighted by Gasteiger charge is -2.39. The van der Waals surface area contributed by atoms with E-state index in [-0.39, 0.29) is 6.04 Å². The fourth-order valence-electron chi connectivity index (χ4n) is 4.32. The molecular weight excluding hydrogens is 358 g/mol. The molecule has 0 saturated carbocycles. The monoisotopic (exact) mass is 379 g/mol. The summed E-state index contributed by atoms with van der Waals surface area (Å²) in [5, 5.41) is 3.96. The van der Waals surface area contributed by atoms with E-state index >= 15 is 0 Å². The van der Waals surface area contributed by atoms with Gasteiger partial charge in [-0.05, 0) is 59.1 Å². The molecular formula is C25H21N3O. The minimum atomic E-state index is 0.239. The Morgan fingerprint density at radius 2 is 1.76 bits per heavy atom. The molecule has 0 fully saturated rings. The SMILES string of the molecule is O=Nc1ccc2nc(CC3c4ccccc4CCN3c3ccccc3)ccc2c1. The number of hydrogen-bond acceptors (Lipinski definition) is 4. The van der Waals surface area contributed by atoms with Crippen LogP contribution in [0.3, 0.4) is 0 Å². The third kappa shape index (κ3) is 3.38. The highest BCUT2D eigenvalue weighted by molar-refractivity contribution is 5.81. The van der Waals surface area contributed by atoms with Gasteiger partial charge in [-0.3, -0.25) is 4.98 Å². The van der Waals surface area contributed by atoms with Gasteiger partial charge in [0.05, 0.1) is 11.6 Å². The summed E-state index contributed by atoms with van der Waals surface area (Å²) >= 11 is 0. The van der Waals surface area contributed by atoms with Crippen LogP contribution in [0.2, 0.25) is 0 Å². The Morgan fingerprint density at radius 3 is 2.62 bits per heavy atom. The highest BCUT2D eigenvalue weighted by atomic mass is 16.3. The summed E-state index contributed by atoms with van der Waals surface area (Å²) in [7, 11) is 0. The van der Waals surface area contributed by atoms with E-state index in [1.807, 2.05) is 12.1 Å². The van der Waals surface area contributed by atoms with Crippen molar-refractivity contribution in [1.82, 2.24) is 4.98 Å². The molecule has 0 bridgehead atoms. The van der Waals surface area contributed by atoms with Crippen LogP contribution in [0.25, 0.3) is 10.9 Å². The highest BCUT2D eigenvalue weighted by Crippen LogP contribution is 2.36. The molecule has 0 spiro atoms. The average molecular weight is 379 g/mol. The molecule has 4 aromatic rings. The number of anilines is 1. The molecule has 29 heavy (non-hydrogen) atoms. The van der Waals surface area contributed by atoms with Crippen LogP contribution in [0.15, 0.2) is 90.1 Å². The first-order chi connectivity index (χ1) is 14.3. The Bertz CT molecular complexity index is 1170. The molecule has 0 N–H and O–H groups in total. The molecule has 3 aromatic carbocycles. The van der Waals surface area contributed by atoms with Gasteiger partial charge >= 0.3 is 0 Å². The van der Waals surface area contributed by atoms with Crippen LogP contribution in [0, 0.1) is 4.91 Å². The lowest BCUT2D eigenvalue weighted by Crippen LogP contribution is -2.36. The summed E-state index contributed by atoms with van der Waals surface area (Å²) in [6, 6.07) is 29.1. The zero-order valence-electron chi connectivity index (χ0n) is 16.0. The number of para-hydroxylation sites is 1. The van der Waals surface area contributed by atoms with Crippen molar-refractivity contribution in [2.45, 2.75) is 18.9 Å². The highest BCUT2D eigenvalue weighted by Gasteiger charge is 2.28. The number of hydrogen-bond donors (Lipinski definition) is 0. The summed E-state index contributed by atoms with van der Waals surface area (Å²) in [5.74, 6) is 0. The van der Waals surface area contributed by atoms with Crippen LogP contribution in [-0.4, -0.2) is 11.5 Å². The third-order valence-electron chi connectivity index (χ3n) is 5.74. The molecule has 0 amide bonds. The topological polar surface area (TPSA) is 45.6 Å². The lowest BCUT2D eigenvalue weighted by atomic mass is 9.89. The van der Waals surface area contributed by atoms with E-state index in [9.17, 15) is 4.91 Å². The molecule has 4 nitrogen and oxygen atoms in total. The van der Waals surface area contributed by atoms with Gasteiger partial charge in [0.1, 0.15) is 5.69 Å². The number of fused-ring (bicyclic) bond motifs is 2. The smallest absolute Gasteiger partial charge is 0.108 e. The maximum atomic E-state index is 10.8. The van der Waals surface area contributed by atoms with Crippen LogP contribution >= 0.6 is 0 Å². The molecule has 142 valence electrons. The van der Waals surface area contributed by atoms with Gasteiger partial charge in [0.25, 0.3) is 0 Å². The van der Waals surface area contributed by atoms with Gasteiger partial charge < -0.3 is 4.90 Å². The van der Waals surface area contributed by atoms with Gasteiger partial charge in [-0.1, -0.05) is 48.5 Å². The first-order valence-electron chi connectivity index (χ1n) is 9.94. The predicted octanol–water partition coefficient (Wildman–Crippen LogP) is 5.98. The van der Waals surface area contributed by atoms with E-state index in [2.05, 4.69) is 70.7 Å². The number of pyridine rings is 1. The predicted molar refractivity (Wildman–Crippen MR) is 118 cm³/mol. The molecule has 0 saturated heterocycles. The zero-order valence-corrected chi connectivity index (χ0v) is 16.0. The Kier molecular flexibility index (Phi) is 4.53. The summed E-state index contributed by atoms with van der Waals surface area (Å²) in [6.07, 6.45) is 1.88. The van der Waals surface area contributed by atoms with Gasteiger partial charge in [-0.25, -0.2) is 0 Å². The first kappa shape index (κ1) is 17.6.